The van der Waals surface area contributed by atoms with Crippen LogP contribution in [0.15, 0.2) is 6.07 Å². The number of nitrogens with zero attached hydrogens (tertiary/aromatic N) is 5. The van der Waals surface area contributed by atoms with E-state index in [1.165, 1.54) is 10.5 Å². The van der Waals surface area contributed by atoms with E-state index in [1.54, 1.807) is 12.0 Å². The number of pyridine rings is 1. The van der Waals surface area contributed by atoms with Crippen LogP contribution in [0, 0.1) is 11.3 Å². The number of imide groups is 1. The minimum absolute atomic E-state index is 0.0402. The fourth-order valence-electron chi connectivity index (χ4n) is 4.58. The van der Waals surface area contributed by atoms with Gasteiger partial charge in [-0.05, 0) is 50.2 Å². The highest BCUT2D eigenvalue weighted by molar-refractivity contribution is 6.02. The average Bonchev–Trinajstić information content (AvgIpc) is 3.04. The third kappa shape index (κ3) is 3.79. The zero-order valence-corrected chi connectivity index (χ0v) is 16.9. The van der Waals surface area contributed by atoms with Crippen molar-refractivity contribution in [2.45, 2.75) is 44.6 Å². The fourth-order valence-corrected chi connectivity index (χ4v) is 4.58. The van der Waals surface area contributed by atoms with Gasteiger partial charge in [-0.25, -0.2) is 9.78 Å². The number of aryl methyl sites for hydroxylation is 2. The van der Waals surface area contributed by atoms with Crippen molar-refractivity contribution in [3.63, 3.8) is 0 Å². The predicted octanol–water partition coefficient (Wildman–Crippen LogP) is 1.71. The Morgan fingerprint density at radius 2 is 2.00 bits per heavy atom. The molecule has 29 heavy (non-hydrogen) atoms. The van der Waals surface area contributed by atoms with Crippen molar-refractivity contribution in [1.82, 2.24) is 14.8 Å². The van der Waals surface area contributed by atoms with Gasteiger partial charge in [-0.15, -0.1) is 0 Å². The molecule has 8 heteroatoms. The molecule has 0 unspecified atom stereocenters. The molecule has 1 aliphatic carbocycles. The van der Waals surface area contributed by atoms with Gasteiger partial charge in [0.25, 0.3) is 0 Å². The number of aromatic nitrogens is 1. The second-order valence-corrected chi connectivity index (χ2v) is 7.95. The third-order valence-corrected chi connectivity index (χ3v) is 6.21. The van der Waals surface area contributed by atoms with Crippen molar-refractivity contribution in [2.24, 2.45) is 0 Å². The maximum Gasteiger partial charge on any atom is 0.327 e. The summed E-state index contributed by atoms with van der Waals surface area (Å²) in [5.74, 6) is 0.620. The van der Waals surface area contributed by atoms with Gasteiger partial charge in [-0.1, -0.05) is 0 Å². The first-order chi connectivity index (χ1) is 14.1. The number of ether oxygens (including phenoxy) is 1. The fraction of sp³-hybridized carbons (Fsp3) is 0.619. The maximum absolute atomic E-state index is 12.6. The van der Waals surface area contributed by atoms with E-state index in [0.717, 1.165) is 63.1 Å². The Kier molecular flexibility index (Phi) is 5.67. The third-order valence-electron chi connectivity index (χ3n) is 6.21. The van der Waals surface area contributed by atoms with Gasteiger partial charge in [0.05, 0.1) is 18.7 Å². The van der Waals surface area contributed by atoms with Gasteiger partial charge in [0.1, 0.15) is 18.4 Å². The second kappa shape index (κ2) is 8.37. The monoisotopic (exact) mass is 397 g/mol. The summed E-state index contributed by atoms with van der Waals surface area (Å²) in [5.41, 5.74) is 2.98. The van der Waals surface area contributed by atoms with E-state index >= 15 is 0 Å². The van der Waals surface area contributed by atoms with Crippen LogP contribution in [0.2, 0.25) is 0 Å². The summed E-state index contributed by atoms with van der Waals surface area (Å²) in [7, 11) is 1.56. The molecule has 2 saturated heterocycles. The van der Waals surface area contributed by atoms with Crippen LogP contribution in [0.25, 0.3) is 0 Å². The quantitative estimate of drug-likeness (QED) is 0.703. The first kappa shape index (κ1) is 19.6. The van der Waals surface area contributed by atoms with Gasteiger partial charge in [0.2, 0.25) is 5.91 Å². The summed E-state index contributed by atoms with van der Waals surface area (Å²) >= 11 is 0. The molecule has 1 aromatic heterocycles. The minimum Gasteiger partial charge on any atom is -0.383 e. The number of rotatable bonds is 5. The van der Waals surface area contributed by atoms with Gasteiger partial charge in [0, 0.05) is 31.9 Å². The number of urea groups is 1. The van der Waals surface area contributed by atoms with E-state index in [4.69, 9.17) is 9.72 Å². The van der Waals surface area contributed by atoms with Crippen LogP contribution in [0.1, 0.15) is 42.5 Å². The summed E-state index contributed by atoms with van der Waals surface area (Å²) in [6.07, 6.45) is 5.82. The summed E-state index contributed by atoms with van der Waals surface area (Å²) in [6.45, 7) is 2.24. The van der Waals surface area contributed by atoms with Crippen LogP contribution < -0.4 is 4.90 Å². The summed E-state index contributed by atoms with van der Waals surface area (Å²) in [6, 6.07) is 4.16. The highest BCUT2D eigenvalue weighted by atomic mass is 16.5. The van der Waals surface area contributed by atoms with Crippen LogP contribution in [-0.4, -0.2) is 72.7 Å². The lowest BCUT2D eigenvalue weighted by molar-refractivity contribution is -0.125. The van der Waals surface area contributed by atoms with Crippen molar-refractivity contribution < 1.29 is 14.3 Å². The first-order valence-electron chi connectivity index (χ1n) is 10.4. The summed E-state index contributed by atoms with van der Waals surface area (Å²) < 4.78 is 5.00. The van der Waals surface area contributed by atoms with Gasteiger partial charge in [-0.3, -0.25) is 9.69 Å². The molecular weight excluding hydrogens is 370 g/mol. The number of carbonyl (C=O) groups is 2. The van der Waals surface area contributed by atoms with E-state index in [2.05, 4.69) is 11.0 Å². The standard InChI is InChI=1S/C21H27N5O3/c1-29-11-10-25-19(27)14-26(21(25)28)17-6-8-24(9-7-17)20-16(13-22)12-15-4-2-3-5-18(15)23-20/h12,17H,2-11,14H2,1H3. The molecule has 1 aromatic rings. The SMILES string of the molecule is COCCN1C(=O)CN(C2CCN(c3nc4c(cc3C#N)CCCC4)CC2)C1=O. The number of methoxy groups -OCH3 is 1. The van der Waals surface area contributed by atoms with E-state index in [0.29, 0.717) is 18.7 Å². The number of anilines is 1. The number of hydrogen-bond acceptors (Lipinski definition) is 6. The lowest BCUT2D eigenvalue weighted by Gasteiger charge is -2.37. The molecule has 4 rings (SSSR count). The maximum atomic E-state index is 12.6. The highest BCUT2D eigenvalue weighted by Crippen LogP contribution is 2.30. The Balaban J connectivity index is 1.43. The minimum atomic E-state index is -0.213. The number of nitriles is 1. The molecule has 0 saturated carbocycles. The molecule has 0 N–H and O–H groups in total. The zero-order chi connectivity index (χ0) is 20.4. The van der Waals surface area contributed by atoms with Gasteiger partial charge in [-0.2, -0.15) is 5.26 Å². The van der Waals surface area contributed by atoms with Gasteiger partial charge in [0.15, 0.2) is 0 Å². The number of piperidine rings is 1. The summed E-state index contributed by atoms with van der Waals surface area (Å²) in [5, 5.41) is 9.62. The number of hydrogen-bond donors (Lipinski definition) is 0. The largest absolute Gasteiger partial charge is 0.383 e. The van der Waals surface area contributed by atoms with E-state index < -0.39 is 0 Å². The molecule has 8 nitrogen and oxygen atoms in total. The number of fused-ring (bicyclic) bond motifs is 1. The molecule has 3 amide bonds. The normalized spacial score (nSPS) is 20.2. The molecule has 0 bridgehead atoms. The van der Waals surface area contributed by atoms with E-state index in [-0.39, 0.29) is 24.5 Å². The van der Waals surface area contributed by atoms with E-state index in [9.17, 15) is 14.9 Å². The topological polar surface area (TPSA) is 89.8 Å². The van der Waals surface area contributed by atoms with Crippen molar-refractivity contribution in [3.8, 4) is 6.07 Å². The summed E-state index contributed by atoms with van der Waals surface area (Å²) in [4.78, 5) is 34.8. The molecule has 0 spiro atoms. The molecule has 2 aliphatic heterocycles. The molecule has 3 aliphatic rings. The molecule has 3 heterocycles. The lowest BCUT2D eigenvalue weighted by atomic mass is 9.94. The van der Waals surface area contributed by atoms with Crippen LogP contribution in [-0.2, 0) is 22.4 Å². The van der Waals surface area contributed by atoms with Crippen molar-refractivity contribution in [2.75, 3.05) is 44.8 Å². The Labute approximate surface area is 171 Å². The number of carbonyl (C=O) groups excluding carboxylic acids is 2. The number of amides is 3. The van der Waals surface area contributed by atoms with Crippen molar-refractivity contribution in [3.05, 3.63) is 22.9 Å². The molecule has 154 valence electrons. The first-order valence-corrected chi connectivity index (χ1v) is 10.4. The molecular formula is C21H27N5O3. The van der Waals surface area contributed by atoms with Gasteiger partial charge >= 0.3 is 6.03 Å². The average molecular weight is 397 g/mol. The molecule has 0 radical (unpaired) electrons. The van der Waals surface area contributed by atoms with Crippen LogP contribution in [0.3, 0.4) is 0 Å². The Morgan fingerprint density at radius 1 is 1.24 bits per heavy atom. The van der Waals surface area contributed by atoms with Crippen LogP contribution in [0.4, 0.5) is 10.6 Å². The highest BCUT2D eigenvalue weighted by Gasteiger charge is 2.40. The van der Waals surface area contributed by atoms with Crippen LogP contribution >= 0.6 is 0 Å². The van der Waals surface area contributed by atoms with Gasteiger partial charge < -0.3 is 14.5 Å². The molecule has 0 atom stereocenters. The Hall–Kier alpha value is -2.66. The zero-order valence-electron chi connectivity index (χ0n) is 16.9. The van der Waals surface area contributed by atoms with Crippen LogP contribution in [0.5, 0.6) is 0 Å². The smallest absolute Gasteiger partial charge is 0.327 e. The van der Waals surface area contributed by atoms with Crippen molar-refractivity contribution in [1.29, 1.82) is 5.26 Å². The predicted molar refractivity (Wildman–Crippen MR) is 107 cm³/mol. The lowest BCUT2D eigenvalue weighted by Crippen LogP contribution is -2.47. The molecule has 0 aromatic carbocycles. The van der Waals surface area contributed by atoms with E-state index in [1.807, 2.05) is 6.07 Å². The second-order valence-electron chi connectivity index (χ2n) is 7.95. The Morgan fingerprint density at radius 3 is 2.72 bits per heavy atom. The Bertz CT molecular complexity index is 841. The van der Waals surface area contributed by atoms with Crippen molar-refractivity contribution >= 4 is 17.8 Å². The molecule has 2 fully saturated rings.